The molecule has 0 N–H and O–H groups in total. The SMILES string of the molecule is CCN(C(=O)[C@@H]1CC(=O)N(C(C)C)C1)c1cccc(C)c1. The lowest BCUT2D eigenvalue weighted by molar-refractivity contribution is -0.129. The van der Waals surface area contributed by atoms with Gasteiger partial charge in [-0.15, -0.1) is 0 Å². The number of rotatable bonds is 4. The van der Waals surface area contributed by atoms with Crippen molar-refractivity contribution in [2.75, 3.05) is 18.0 Å². The van der Waals surface area contributed by atoms with E-state index in [0.717, 1.165) is 11.3 Å². The Bertz CT molecular complexity index is 539. The molecular weight excluding hydrogens is 264 g/mol. The Morgan fingerprint density at radius 1 is 1.43 bits per heavy atom. The lowest BCUT2D eigenvalue weighted by Gasteiger charge is -2.25. The Labute approximate surface area is 126 Å². The Hall–Kier alpha value is -1.84. The molecule has 2 rings (SSSR count). The van der Waals surface area contributed by atoms with Gasteiger partial charge in [-0.2, -0.15) is 0 Å². The van der Waals surface area contributed by atoms with Gasteiger partial charge in [0, 0.05) is 31.2 Å². The van der Waals surface area contributed by atoms with Crippen LogP contribution in [-0.2, 0) is 9.59 Å². The molecule has 0 aromatic heterocycles. The van der Waals surface area contributed by atoms with Crippen molar-refractivity contribution in [3.05, 3.63) is 29.8 Å². The van der Waals surface area contributed by atoms with E-state index in [9.17, 15) is 9.59 Å². The molecule has 0 spiro atoms. The molecule has 1 aromatic rings. The summed E-state index contributed by atoms with van der Waals surface area (Å²) < 4.78 is 0. The molecule has 2 amide bonds. The number of carbonyl (C=O) groups is 2. The van der Waals surface area contributed by atoms with Gasteiger partial charge in [0.05, 0.1) is 5.92 Å². The lowest BCUT2D eigenvalue weighted by Crippen LogP contribution is -2.38. The normalized spacial score (nSPS) is 18.4. The molecule has 4 nitrogen and oxygen atoms in total. The number of hydrogen-bond acceptors (Lipinski definition) is 2. The van der Waals surface area contributed by atoms with Gasteiger partial charge in [-0.25, -0.2) is 0 Å². The lowest BCUT2D eigenvalue weighted by atomic mass is 10.1. The highest BCUT2D eigenvalue weighted by molar-refractivity contribution is 5.99. The average Bonchev–Trinajstić information content (AvgIpc) is 2.82. The van der Waals surface area contributed by atoms with Crippen molar-refractivity contribution >= 4 is 17.5 Å². The fourth-order valence-corrected chi connectivity index (χ4v) is 2.88. The van der Waals surface area contributed by atoms with E-state index in [2.05, 4.69) is 0 Å². The number of amides is 2. The van der Waals surface area contributed by atoms with Crippen molar-refractivity contribution in [1.29, 1.82) is 0 Å². The zero-order valence-electron chi connectivity index (χ0n) is 13.3. The van der Waals surface area contributed by atoms with E-state index in [4.69, 9.17) is 0 Å². The average molecular weight is 288 g/mol. The van der Waals surface area contributed by atoms with Crippen molar-refractivity contribution in [1.82, 2.24) is 4.90 Å². The molecular formula is C17H24N2O2. The first-order valence-electron chi connectivity index (χ1n) is 7.61. The number of aryl methyl sites for hydroxylation is 1. The van der Waals surface area contributed by atoms with E-state index in [-0.39, 0.29) is 23.8 Å². The predicted octanol–water partition coefficient (Wildman–Crippen LogP) is 2.60. The highest BCUT2D eigenvalue weighted by Gasteiger charge is 2.37. The Kier molecular flexibility index (Phi) is 4.66. The number of anilines is 1. The van der Waals surface area contributed by atoms with Crippen LogP contribution < -0.4 is 4.90 Å². The molecule has 0 saturated carbocycles. The van der Waals surface area contributed by atoms with Gasteiger partial charge in [0.15, 0.2) is 0 Å². The van der Waals surface area contributed by atoms with Crippen LogP contribution in [0.15, 0.2) is 24.3 Å². The van der Waals surface area contributed by atoms with Gasteiger partial charge in [-0.3, -0.25) is 9.59 Å². The van der Waals surface area contributed by atoms with Crippen molar-refractivity contribution in [2.45, 2.75) is 40.2 Å². The minimum Gasteiger partial charge on any atom is -0.339 e. The molecule has 4 heteroatoms. The third-order valence-corrected chi connectivity index (χ3v) is 4.03. The number of benzene rings is 1. The largest absolute Gasteiger partial charge is 0.339 e. The number of carbonyl (C=O) groups excluding carboxylic acids is 2. The van der Waals surface area contributed by atoms with Crippen LogP contribution in [0, 0.1) is 12.8 Å². The molecule has 1 fully saturated rings. The van der Waals surface area contributed by atoms with E-state index >= 15 is 0 Å². The van der Waals surface area contributed by atoms with Crippen molar-refractivity contribution in [2.24, 2.45) is 5.92 Å². The van der Waals surface area contributed by atoms with Crippen LogP contribution in [0.4, 0.5) is 5.69 Å². The summed E-state index contributed by atoms with van der Waals surface area (Å²) >= 11 is 0. The molecule has 1 atom stereocenters. The summed E-state index contributed by atoms with van der Waals surface area (Å²) in [6.45, 7) is 9.12. The first kappa shape index (κ1) is 15.5. The van der Waals surface area contributed by atoms with Gasteiger partial charge >= 0.3 is 0 Å². The number of likely N-dealkylation sites (tertiary alicyclic amines) is 1. The first-order valence-corrected chi connectivity index (χ1v) is 7.61. The molecule has 0 aliphatic carbocycles. The molecule has 0 bridgehead atoms. The highest BCUT2D eigenvalue weighted by atomic mass is 16.2. The van der Waals surface area contributed by atoms with Gasteiger partial charge in [0.25, 0.3) is 0 Å². The third-order valence-electron chi connectivity index (χ3n) is 4.03. The van der Waals surface area contributed by atoms with Crippen LogP contribution in [0.2, 0.25) is 0 Å². The van der Waals surface area contributed by atoms with Crippen LogP contribution in [0.5, 0.6) is 0 Å². The molecule has 1 saturated heterocycles. The van der Waals surface area contributed by atoms with Crippen molar-refractivity contribution in [3.63, 3.8) is 0 Å². The van der Waals surface area contributed by atoms with Gasteiger partial charge < -0.3 is 9.80 Å². The zero-order valence-corrected chi connectivity index (χ0v) is 13.3. The fraction of sp³-hybridized carbons (Fsp3) is 0.529. The molecule has 1 heterocycles. The molecule has 21 heavy (non-hydrogen) atoms. The summed E-state index contributed by atoms with van der Waals surface area (Å²) in [6.07, 6.45) is 0.333. The second kappa shape index (κ2) is 6.29. The Morgan fingerprint density at radius 3 is 2.67 bits per heavy atom. The maximum Gasteiger partial charge on any atom is 0.232 e. The summed E-state index contributed by atoms with van der Waals surface area (Å²) in [4.78, 5) is 28.3. The quantitative estimate of drug-likeness (QED) is 0.854. The minimum atomic E-state index is -0.222. The van der Waals surface area contributed by atoms with E-state index in [1.54, 1.807) is 9.80 Å². The summed E-state index contributed by atoms with van der Waals surface area (Å²) in [6, 6.07) is 8.09. The van der Waals surface area contributed by atoms with E-state index < -0.39 is 0 Å². The molecule has 1 aromatic carbocycles. The van der Waals surface area contributed by atoms with Gasteiger partial charge in [-0.1, -0.05) is 12.1 Å². The fourth-order valence-electron chi connectivity index (χ4n) is 2.88. The zero-order chi connectivity index (χ0) is 15.6. The van der Waals surface area contributed by atoms with Crippen LogP contribution in [0.1, 0.15) is 32.8 Å². The molecule has 1 aliphatic heterocycles. The Balaban J connectivity index is 2.16. The first-order chi connectivity index (χ1) is 9.93. The topological polar surface area (TPSA) is 40.6 Å². The Morgan fingerprint density at radius 2 is 2.14 bits per heavy atom. The summed E-state index contributed by atoms with van der Waals surface area (Å²) in [5, 5.41) is 0. The van der Waals surface area contributed by atoms with E-state index in [0.29, 0.717) is 19.5 Å². The van der Waals surface area contributed by atoms with Gasteiger partial charge in [0.2, 0.25) is 11.8 Å². The van der Waals surface area contributed by atoms with Crippen LogP contribution in [0.25, 0.3) is 0 Å². The second-order valence-electron chi connectivity index (χ2n) is 5.96. The molecule has 0 unspecified atom stereocenters. The summed E-state index contributed by atoms with van der Waals surface area (Å²) in [5.74, 6) is -0.0800. The number of hydrogen-bond donors (Lipinski definition) is 0. The van der Waals surface area contributed by atoms with Gasteiger partial charge in [0.1, 0.15) is 0 Å². The summed E-state index contributed by atoms with van der Waals surface area (Å²) in [7, 11) is 0. The van der Waals surface area contributed by atoms with Crippen LogP contribution in [-0.4, -0.2) is 35.8 Å². The maximum atomic E-state index is 12.7. The molecule has 114 valence electrons. The van der Waals surface area contributed by atoms with Crippen LogP contribution in [0.3, 0.4) is 0 Å². The van der Waals surface area contributed by atoms with E-state index in [1.165, 1.54) is 0 Å². The van der Waals surface area contributed by atoms with Crippen molar-refractivity contribution < 1.29 is 9.59 Å². The predicted molar refractivity (Wildman–Crippen MR) is 84.2 cm³/mol. The van der Waals surface area contributed by atoms with Crippen LogP contribution >= 0.6 is 0 Å². The monoisotopic (exact) mass is 288 g/mol. The molecule has 1 aliphatic rings. The molecule has 0 radical (unpaired) electrons. The number of nitrogens with zero attached hydrogens (tertiary/aromatic N) is 2. The van der Waals surface area contributed by atoms with E-state index in [1.807, 2.05) is 52.0 Å². The standard InChI is InChI=1S/C17H24N2O2/c1-5-18(15-8-6-7-13(4)9-15)17(21)14-10-16(20)19(11-14)12(2)3/h6-9,12,14H,5,10-11H2,1-4H3/t14-/m1/s1. The smallest absolute Gasteiger partial charge is 0.232 e. The van der Waals surface area contributed by atoms with Crippen molar-refractivity contribution in [3.8, 4) is 0 Å². The summed E-state index contributed by atoms with van der Waals surface area (Å²) in [5.41, 5.74) is 2.04. The highest BCUT2D eigenvalue weighted by Crippen LogP contribution is 2.25. The third kappa shape index (κ3) is 3.26. The van der Waals surface area contributed by atoms with Gasteiger partial charge in [-0.05, 0) is 45.4 Å². The second-order valence-corrected chi connectivity index (χ2v) is 5.96. The maximum absolute atomic E-state index is 12.7. The minimum absolute atomic E-state index is 0.0552.